The fraction of sp³-hybridized carbons (Fsp3) is 1.00. The Morgan fingerprint density at radius 2 is 1.71 bits per heavy atom. The second kappa shape index (κ2) is 7.28. The normalized spacial score (nSPS) is 19.9. The molecule has 1 nitrogen and oxygen atoms in total. The highest BCUT2D eigenvalue weighted by molar-refractivity contribution is 4.67. The van der Waals surface area contributed by atoms with Gasteiger partial charge in [0, 0.05) is 0 Å². The van der Waals surface area contributed by atoms with Crippen molar-refractivity contribution in [2.45, 2.75) is 58.8 Å². The number of nitrogens with one attached hydrogen (secondary N) is 1. The van der Waals surface area contributed by atoms with Crippen LogP contribution in [0.2, 0.25) is 0 Å². The van der Waals surface area contributed by atoms with Crippen LogP contribution in [0.1, 0.15) is 58.8 Å². The van der Waals surface area contributed by atoms with Crippen LogP contribution in [0.25, 0.3) is 0 Å². The third-order valence-corrected chi connectivity index (χ3v) is 3.31. The molecule has 0 atom stereocenters. The van der Waals surface area contributed by atoms with Gasteiger partial charge in [-0.3, -0.25) is 0 Å². The Bertz CT molecular complexity index is 123. The molecular weight excluding hydrogens is 170 g/mol. The molecule has 1 aliphatic carbocycles. The minimum atomic E-state index is 0.844. The Labute approximate surface area is 89.7 Å². The fourth-order valence-corrected chi connectivity index (χ4v) is 2.26. The largest absolute Gasteiger partial charge is 0.316 e. The Hall–Kier alpha value is -0.0400. The molecule has 0 aromatic carbocycles. The number of hydrogen-bond donors (Lipinski definition) is 1. The molecule has 1 rings (SSSR count). The van der Waals surface area contributed by atoms with Crippen molar-refractivity contribution in [3.8, 4) is 0 Å². The van der Waals surface area contributed by atoms with Gasteiger partial charge in [0.05, 0.1) is 0 Å². The van der Waals surface area contributed by atoms with E-state index in [1.165, 1.54) is 58.0 Å². The van der Waals surface area contributed by atoms with Crippen molar-refractivity contribution >= 4 is 0 Å². The van der Waals surface area contributed by atoms with E-state index in [1.54, 1.807) is 0 Å². The van der Waals surface area contributed by atoms with Crippen molar-refractivity contribution < 1.29 is 0 Å². The first-order valence-corrected chi connectivity index (χ1v) is 6.49. The van der Waals surface area contributed by atoms with E-state index < -0.39 is 0 Å². The molecule has 1 fully saturated rings. The second-order valence-corrected chi connectivity index (χ2v) is 5.24. The van der Waals surface area contributed by atoms with Crippen molar-refractivity contribution in [3.05, 3.63) is 0 Å². The molecule has 1 saturated carbocycles. The van der Waals surface area contributed by atoms with Gasteiger partial charge < -0.3 is 5.32 Å². The first kappa shape index (κ1) is 12.0. The monoisotopic (exact) mass is 197 g/mol. The van der Waals surface area contributed by atoms with E-state index in [2.05, 4.69) is 19.2 Å². The van der Waals surface area contributed by atoms with Gasteiger partial charge in [0.2, 0.25) is 0 Å². The molecule has 1 heteroatoms. The van der Waals surface area contributed by atoms with Crippen LogP contribution in [-0.2, 0) is 0 Å². The van der Waals surface area contributed by atoms with E-state index in [4.69, 9.17) is 0 Å². The van der Waals surface area contributed by atoms with Crippen molar-refractivity contribution in [2.24, 2.45) is 11.8 Å². The molecule has 0 bridgehead atoms. The molecule has 84 valence electrons. The average molecular weight is 197 g/mol. The molecular formula is C13H27N. The van der Waals surface area contributed by atoms with E-state index in [-0.39, 0.29) is 0 Å². The van der Waals surface area contributed by atoms with Crippen molar-refractivity contribution in [3.63, 3.8) is 0 Å². The van der Waals surface area contributed by atoms with Crippen molar-refractivity contribution in [1.82, 2.24) is 5.32 Å². The third-order valence-electron chi connectivity index (χ3n) is 3.31. The van der Waals surface area contributed by atoms with Crippen molar-refractivity contribution in [2.75, 3.05) is 13.1 Å². The highest BCUT2D eigenvalue weighted by Gasteiger charge is 2.11. The first-order valence-electron chi connectivity index (χ1n) is 6.49. The molecule has 0 amide bonds. The smallest absolute Gasteiger partial charge is 0.00205 e. The summed E-state index contributed by atoms with van der Waals surface area (Å²) in [5.41, 5.74) is 0. The van der Waals surface area contributed by atoms with Crippen LogP contribution < -0.4 is 5.32 Å². The SMILES string of the molecule is CC(C)CCNCC1CCCCCC1. The zero-order chi connectivity index (χ0) is 10.2. The Balaban J connectivity index is 1.99. The summed E-state index contributed by atoms with van der Waals surface area (Å²) in [5.74, 6) is 1.82. The Morgan fingerprint density at radius 1 is 1.07 bits per heavy atom. The molecule has 0 heterocycles. The highest BCUT2D eigenvalue weighted by atomic mass is 14.9. The summed E-state index contributed by atoms with van der Waals surface area (Å²) >= 11 is 0. The van der Waals surface area contributed by atoms with Crippen LogP contribution >= 0.6 is 0 Å². The van der Waals surface area contributed by atoms with Gasteiger partial charge in [-0.05, 0) is 44.2 Å². The van der Waals surface area contributed by atoms with Gasteiger partial charge in [0.15, 0.2) is 0 Å². The van der Waals surface area contributed by atoms with Crippen LogP contribution in [0, 0.1) is 11.8 Å². The molecule has 0 spiro atoms. The molecule has 0 aliphatic heterocycles. The summed E-state index contributed by atoms with van der Waals surface area (Å²) in [4.78, 5) is 0. The van der Waals surface area contributed by atoms with E-state index in [1.807, 2.05) is 0 Å². The summed E-state index contributed by atoms with van der Waals surface area (Å²) in [6, 6.07) is 0. The molecule has 0 aromatic heterocycles. The zero-order valence-electron chi connectivity index (χ0n) is 10.0. The molecule has 0 unspecified atom stereocenters. The lowest BCUT2D eigenvalue weighted by atomic mass is 10.0. The maximum absolute atomic E-state index is 3.61. The average Bonchev–Trinajstić information content (AvgIpc) is 2.40. The second-order valence-electron chi connectivity index (χ2n) is 5.24. The van der Waals surface area contributed by atoms with Crippen LogP contribution in [0.15, 0.2) is 0 Å². The maximum Gasteiger partial charge on any atom is -0.00205 e. The minimum Gasteiger partial charge on any atom is -0.316 e. The topological polar surface area (TPSA) is 12.0 Å². The highest BCUT2D eigenvalue weighted by Crippen LogP contribution is 2.21. The van der Waals surface area contributed by atoms with E-state index in [0.717, 1.165) is 11.8 Å². The molecule has 14 heavy (non-hydrogen) atoms. The molecule has 0 saturated heterocycles. The minimum absolute atomic E-state index is 0.844. The summed E-state index contributed by atoms with van der Waals surface area (Å²) in [5, 5.41) is 3.61. The van der Waals surface area contributed by atoms with Gasteiger partial charge in [-0.25, -0.2) is 0 Å². The zero-order valence-corrected chi connectivity index (χ0v) is 10.0. The summed E-state index contributed by atoms with van der Waals surface area (Å²) in [6.07, 6.45) is 10.1. The standard InChI is InChI=1S/C13H27N/c1-12(2)9-10-14-11-13-7-5-3-4-6-8-13/h12-14H,3-11H2,1-2H3. The van der Waals surface area contributed by atoms with Gasteiger partial charge in [-0.1, -0.05) is 39.5 Å². The predicted octanol–water partition coefficient (Wildman–Crippen LogP) is 3.59. The quantitative estimate of drug-likeness (QED) is 0.524. The predicted molar refractivity (Wildman–Crippen MR) is 63.5 cm³/mol. The van der Waals surface area contributed by atoms with Gasteiger partial charge in [0.1, 0.15) is 0 Å². The number of rotatable bonds is 5. The first-order chi connectivity index (χ1) is 6.79. The van der Waals surface area contributed by atoms with Crippen molar-refractivity contribution in [1.29, 1.82) is 0 Å². The van der Waals surface area contributed by atoms with Gasteiger partial charge in [-0.15, -0.1) is 0 Å². The van der Waals surface area contributed by atoms with Crippen LogP contribution in [0.3, 0.4) is 0 Å². The molecule has 1 aliphatic rings. The Morgan fingerprint density at radius 3 is 2.29 bits per heavy atom. The molecule has 0 radical (unpaired) electrons. The number of hydrogen-bond acceptors (Lipinski definition) is 1. The van der Waals surface area contributed by atoms with Gasteiger partial charge in [0.25, 0.3) is 0 Å². The maximum atomic E-state index is 3.61. The summed E-state index contributed by atoms with van der Waals surface area (Å²) in [7, 11) is 0. The lowest BCUT2D eigenvalue weighted by Crippen LogP contribution is -2.24. The van der Waals surface area contributed by atoms with E-state index in [0.29, 0.717) is 0 Å². The van der Waals surface area contributed by atoms with Crippen LogP contribution in [0.5, 0.6) is 0 Å². The summed E-state index contributed by atoms with van der Waals surface area (Å²) < 4.78 is 0. The summed E-state index contributed by atoms with van der Waals surface area (Å²) in [6.45, 7) is 7.08. The van der Waals surface area contributed by atoms with E-state index in [9.17, 15) is 0 Å². The lowest BCUT2D eigenvalue weighted by molar-refractivity contribution is 0.414. The third kappa shape index (κ3) is 5.64. The fourth-order valence-electron chi connectivity index (χ4n) is 2.26. The van der Waals surface area contributed by atoms with Gasteiger partial charge in [-0.2, -0.15) is 0 Å². The van der Waals surface area contributed by atoms with E-state index >= 15 is 0 Å². The van der Waals surface area contributed by atoms with Crippen LogP contribution in [-0.4, -0.2) is 13.1 Å². The molecule has 1 N–H and O–H groups in total. The molecule has 0 aromatic rings. The lowest BCUT2D eigenvalue weighted by Gasteiger charge is -2.15. The van der Waals surface area contributed by atoms with Gasteiger partial charge >= 0.3 is 0 Å². The van der Waals surface area contributed by atoms with Crippen LogP contribution in [0.4, 0.5) is 0 Å². The Kier molecular flexibility index (Phi) is 6.25.